The van der Waals surface area contributed by atoms with E-state index >= 15 is 0 Å². The molecule has 142 valence electrons. The first-order valence-corrected chi connectivity index (χ1v) is 8.82. The summed E-state index contributed by atoms with van der Waals surface area (Å²) in [5.41, 5.74) is 4.55. The second kappa shape index (κ2) is 6.49. The molecule has 1 amide bonds. The number of H-pyrrole nitrogens is 3. The molecule has 4 rings (SSSR count). The molecule has 0 aliphatic rings. The predicted octanol–water partition coefficient (Wildman–Crippen LogP) is 1.95. The van der Waals surface area contributed by atoms with Crippen molar-refractivity contribution in [1.29, 1.82) is 0 Å². The van der Waals surface area contributed by atoms with Crippen molar-refractivity contribution in [3.63, 3.8) is 0 Å². The van der Waals surface area contributed by atoms with Crippen LogP contribution in [0.25, 0.3) is 21.9 Å². The summed E-state index contributed by atoms with van der Waals surface area (Å²) in [6.07, 6.45) is 1.34. The fraction of sp³-hybridized carbons (Fsp3) is 0.200. The summed E-state index contributed by atoms with van der Waals surface area (Å²) in [6.45, 7) is 6.44. The summed E-state index contributed by atoms with van der Waals surface area (Å²) >= 11 is 0. The van der Waals surface area contributed by atoms with Crippen LogP contribution in [0.2, 0.25) is 0 Å². The number of hydrogen-bond acceptors (Lipinski definition) is 4. The van der Waals surface area contributed by atoms with Crippen LogP contribution in [0, 0.1) is 20.8 Å². The van der Waals surface area contributed by atoms with E-state index in [-0.39, 0.29) is 22.5 Å². The second-order valence-electron chi connectivity index (χ2n) is 6.93. The predicted molar refractivity (Wildman–Crippen MR) is 107 cm³/mol. The van der Waals surface area contributed by atoms with Crippen molar-refractivity contribution in [1.82, 2.24) is 25.3 Å². The molecule has 0 aliphatic heterocycles. The highest BCUT2D eigenvalue weighted by Crippen LogP contribution is 2.26. The highest BCUT2D eigenvalue weighted by molar-refractivity contribution is 5.97. The number of aryl methyl sites for hydroxylation is 3. The Balaban J connectivity index is 1.64. The maximum absolute atomic E-state index is 12.6. The van der Waals surface area contributed by atoms with Gasteiger partial charge in [-0.15, -0.1) is 0 Å². The first kappa shape index (κ1) is 17.7. The molecular weight excluding hydrogens is 358 g/mol. The number of aromatic nitrogens is 4. The molecule has 0 spiro atoms. The van der Waals surface area contributed by atoms with Crippen LogP contribution in [0.4, 0.5) is 0 Å². The molecule has 4 N–H and O–H groups in total. The van der Waals surface area contributed by atoms with Gasteiger partial charge in [0, 0.05) is 23.8 Å². The molecule has 28 heavy (non-hydrogen) atoms. The largest absolute Gasteiger partial charge is 0.358 e. The van der Waals surface area contributed by atoms with Crippen molar-refractivity contribution in [2.75, 3.05) is 0 Å². The van der Waals surface area contributed by atoms with Gasteiger partial charge in [-0.1, -0.05) is 11.6 Å². The zero-order chi connectivity index (χ0) is 20.0. The number of carbonyl (C=O) groups excluding carboxylic acids is 1. The summed E-state index contributed by atoms with van der Waals surface area (Å²) in [7, 11) is 0. The maximum Gasteiger partial charge on any atom is 0.327 e. The van der Waals surface area contributed by atoms with Gasteiger partial charge in [0.05, 0.1) is 16.5 Å². The molecule has 8 heteroatoms. The van der Waals surface area contributed by atoms with E-state index in [9.17, 15) is 14.4 Å². The van der Waals surface area contributed by atoms with E-state index < -0.39 is 11.2 Å². The van der Waals surface area contributed by atoms with Gasteiger partial charge < -0.3 is 10.3 Å². The van der Waals surface area contributed by atoms with E-state index in [1.54, 1.807) is 0 Å². The molecule has 0 bridgehead atoms. The molecule has 4 aromatic rings. The monoisotopic (exact) mass is 377 g/mol. The zero-order valence-electron chi connectivity index (χ0n) is 15.7. The summed E-state index contributed by atoms with van der Waals surface area (Å²) < 4.78 is 0. The number of rotatable bonds is 3. The topological polar surface area (TPSA) is 123 Å². The van der Waals surface area contributed by atoms with E-state index in [0.29, 0.717) is 6.54 Å². The summed E-state index contributed by atoms with van der Waals surface area (Å²) in [5.74, 6) is -0.352. The van der Waals surface area contributed by atoms with Crippen molar-refractivity contribution in [2.24, 2.45) is 0 Å². The third-order valence-electron chi connectivity index (χ3n) is 4.94. The van der Waals surface area contributed by atoms with Gasteiger partial charge in [-0.05, 0) is 44.0 Å². The summed E-state index contributed by atoms with van der Waals surface area (Å²) in [5, 5.41) is 4.17. The number of aromatic amines is 3. The Morgan fingerprint density at radius 1 is 1.04 bits per heavy atom. The third-order valence-corrected chi connectivity index (χ3v) is 4.94. The number of benzene rings is 1. The lowest BCUT2D eigenvalue weighted by molar-refractivity contribution is 0.0951. The molecule has 8 nitrogen and oxygen atoms in total. The fourth-order valence-corrected chi connectivity index (χ4v) is 3.38. The minimum atomic E-state index is -0.637. The molecule has 3 heterocycles. The summed E-state index contributed by atoms with van der Waals surface area (Å²) in [4.78, 5) is 47.8. The Hall–Kier alpha value is -3.68. The van der Waals surface area contributed by atoms with Crippen LogP contribution in [0.15, 0.2) is 34.0 Å². The van der Waals surface area contributed by atoms with Crippen molar-refractivity contribution < 1.29 is 4.79 Å². The number of fused-ring (bicyclic) bond motifs is 2. The number of amides is 1. The highest BCUT2D eigenvalue weighted by atomic mass is 16.2. The van der Waals surface area contributed by atoms with Crippen LogP contribution < -0.4 is 16.6 Å². The minimum absolute atomic E-state index is 0.142. The molecule has 0 atom stereocenters. The van der Waals surface area contributed by atoms with Gasteiger partial charge in [0.2, 0.25) is 0 Å². The Kier molecular flexibility index (Phi) is 4.11. The van der Waals surface area contributed by atoms with Gasteiger partial charge in [-0.2, -0.15) is 0 Å². The van der Waals surface area contributed by atoms with Crippen molar-refractivity contribution in [3.05, 3.63) is 73.2 Å². The first-order valence-electron chi connectivity index (χ1n) is 8.82. The van der Waals surface area contributed by atoms with Gasteiger partial charge in [0.25, 0.3) is 11.5 Å². The van der Waals surface area contributed by atoms with E-state index in [0.717, 1.165) is 27.7 Å². The highest BCUT2D eigenvalue weighted by Gasteiger charge is 2.13. The van der Waals surface area contributed by atoms with Crippen molar-refractivity contribution in [2.45, 2.75) is 27.3 Å². The second-order valence-corrected chi connectivity index (χ2v) is 6.93. The molecule has 0 saturated heterocycles. The van der Waals surface area contributed by atoms with E-state index in [1.807, 2.05) is 19.9 Å². The fourth-order valence-electron chi connectivity index (χ4n) is 3.38. The summed E-state index contributed by atoms with van der Waals surface area (Å²) in [6, 6.07) is 5.58. The number of nitrogens with zero attached hydrogens (tertiary/aromatic N) is 1. The lowest BCUT2D eigenvalue weighted by Crippen LogP contribution is -2.25. The molecule has 0 radical (unpaired) electrons. The van der Waals surface area contributed by atoms with Gasteiger partial charge in [-0.3, -0.25) is 19.6 Å². The van der Waals surface area contributed by atoms with Gasteiger partial charge >= 0.3 is 5.69 Å². The van der Waals surface area contributed by atoms with Gasteiger partial charge in [-0.25, -0.2) is 9.78 Å². The standard InChI is InChI=1S/C20H19N5O3/c1-9-4-12(16-14(5-9)10(2)11(3)23-16)7-22-18(26)13-6-15-17(21-8-13)24-20(28)25-19(15)27/h4-6,8,23H,7H2,1-3H3,(H,22,26)(H2,21,24,25,27,28). The zero-order valence-corrected chi connectivity index (χ0v) is 15.7. The van der Waals surface area contributed by atoms with Crippen LogP contribution in [0.3, 0.4) is 0 Å². The lowest BCUT2D eigenvalue weighted by atomic mass is 10.0. The Labute approximate surface area is 159 Å². The van der Waals surface area contributed by atoms with Crippen LogP contribution >= 0.6 is 0 Å². The molecule has 0 aliphatic carbocycles. The smallest absolute Gasteiger partial charge is 0.327 e. The first-order chi connectivity index (χ1) is 13.3. The van der Waals surface area contributed by atoms with E-state index in [2.05, 4.69) is 38.2 Å². The molecule has 0 unspecified atom stereocenters. The molecule has 1 aromatic carbocycles. The lowest BCUT2D eigenvalue weighted by Gasteiger charge is -2.08. The average molecular weight is 377 g/mol. The molecular formula is C20H19N5O3. The third kappa shape index (κ3) is 2.98. The van der Waals surface area contributed by atoms with Crippen LogP contribution in [0.1, 0.15) is 32.7 Å². The Morgan fingerprint density at radius 2 is 1.82 bits per heavy atom. The van der Waals surface area contributed by atoms with Crippen LogP contribution in [0.5, 0.6) is 0 Å². The van der Waals surface area contributed by atoms with E-state index in [1.165, 1.54) is 17.8 Å². The quantitative estimate of drug-likeness (QED) is 0.436. The SMILES string of the molecule is Cc1cc(CNC(=O)c2cnc3[nH]c(=O)[nH]c(=O)c3c2)c2[nH]c(C)c(C)c2c1. The van der Waals surface area contributed by atoms with Crippen LogP contribution in [-0.4, -0.2) is 25.8 Å². The van der Waals surface area contributed by atoms with Crippen molar-refractivity contribution in [3.8, 4) is 0 Å². The van der Waals surface area contributed by atoms with Gasteiger partial charge in [0.15, 0.2) is 0 Å². The number of pyridine rings is 1. The molecule has 3 aromatic heterocycles. The maximum atomic E-state index is 12.6. The minimum Gasteiger partial charge on any atom is -0.358 e. The van der Waals surface area contributed by atoms with Crippen molar-refractivity contribution >= 4 is 27.8 Å². The Morgan fingerprint density at radius 3 is 2.61 bits per heavy atom. The van der Waals surface area contributed by atoms with E-state index in [4.69, 9.17) is 0 Å². The average Bonchev–Trinajstić information content (AvgIpc) is 2.93. The number of carbonyl (C=O) groups is 1. The number of nitrogens with one attached hydrogen (secondary N) is 4. The molecule has 0 saturated carbocycles. The Bertz CT molecular complexity index is 1360. The molecule has 0 fully saturated rings. The normalized spacial score (nSPS) is 11.2. The van der Waals surface area contributed by atoms with Crippen LogP contribution in [-0.2, 0) is 6.54 Å². The number of hydrogen-bond donors (Lipinski definition) is 4. The van der Waals surface area contributed by atoms with Gasteiger partial charge in [0.1, 0.15) is 5.65 Å².